The van der Waals surface area contributed by atoms with Crippen LogP contribution < -0.4 is 10.0 Å². The predicted octanol–water partition coefficient (Wildman–Crippen LogP) is 3.65. The van der Waals surface area contributed by atoms with Gasteiger partial charge in [-0.3, -0.25) is 19.6 Å². The topological polar surface area (TPSA) is 156 Å². The summed E-state index contributed by atoms with van der Waals surface area (Å²) in [6, 6.07) is 14.6. The number of nitrogens with zero attached hydrogens (tertiary/aromatic N) is 1. The van der Waals surface area contributed by atoms with Crippen molar-refractivity contribution in [3.05, 3.63) is 93.5 Å². The molecule has 3 aromatic carbocycles. The number of aromatic carboxylic acids is 1. The molecule has 0 radical (unpaired) electrons. The van der Waals surface area contributed by atoms with Crippen LogP contribution in [0.4, 0.5) is 17.1 Å². The molecule has 0 aliphatic carbocycles. The molecule has 3 N–H and O–H groups in total. The maximum atomic E-state index is 12.9. The zero-order valence-electron chi connectivity index (χ0n) is 16.6. The number of carboxylic acid groups (broad SMARTS) is 1. The number of sulfonamides is 1. The molecule has 1 amide bonds. The van der Waals surface area contributed by atoms with E-state index in [2.05, 4.69) is 10.0 Å². The first-order chi connectivity index (χ1) is 15.1. The minimum atomic E-state index is -4.11. The van der Waals surface area contributed by atoms with Crippen molar-refractivity contribution in [2.75, 3.05) is 10.0 Å². The smallest absolute Gasteiger partial charge is 0.337 e. The van der Waals surface area contributed by atoms with Gasteiger partial charge in [-0.25, -0.2) is 13.2 Å². The number of benzene rings is 3. The van der Waals surface area contributed by atoms with E-state index in [1.807, 2.05) is 0 Å². The van der Waals surface area contributed by atoms with Gasteiger partial charge in [0.15, 0.2) is 0 Å². The van der Waals surface area contributed by atoms with Crippen molar-refractivity contribution in [1.29, 1.82) is 0 Å². The Hall–Kier alpha value is -4.25. The second kappa shape index (κ2) is 8.86. The second-order valence-corrected chi connectivity index (χ2v) is 8.39. The summed E-state index contributed by atoms with van der Waals surface area (Å²) in [4.78, 5) is 34.7. The minimum absolute atomic E-state index is 0.0520. The number of carbonyl (C=O) groups excluding carboxylic acids is 1. The summed E-state index contributed by atoms with van der Waals surface area (Å²) in [5, 5.41) is 22.8. The van der Waals surface area contributed by atoms with E-state index in [4.69, 9.17) is 0 Å². The minimum Gasteiger partial charge on any atom is -0.478 e. The number of amides is 1. The molecule has 11 heteroatoms. The highest BCUT2D eigenvalue weighted by Gasteiger charge is 2.23. The lowest BCUT2D eigenvalue weighted by atomic mass is 10.1. The summed E-state index contributed by atoms with van der Waals surface area (Å²) < 4.78 is 27.8. The first kappa shape index (κ1) is 22.4. The highest BCUT2D eigenvalue weighted by molar-refractivity contribution is 7.92. The Balaban J connectivity index is 2.02. The maximum absolute atomic E-state index is 12.9. The standard InChI is InChI=1S/C21H17N3O7S/c1-13-6-9-15(10-7-13)32(30,31)23-19-11-8-14(24(28)29)12-17(19)20(25)22-18-5-3-2-4-16(18)21(26)27/h2-12,23H,1H3,(H,22,25)(H,26,27). The van der Waals surface area contributed by atoms with Crippen molar-refractivity contribution in [1.82, 2.24) is 0 Å². The van der Waals surface area contributed by atoms with Crippen LogP contribution in [0.15, 0.2) is 71.6 Å². The summed E-state index contributed by atoms with van der Waals surface area (Å²) in [5.74, 6) is -2.22. The van der Waals surface area contributed by atoms with E-state index in [1.165, 1.54) is 36.4 Å². The number of nitro groups is 1. The van der Waals surface area contributed by atoms with Crippen molar-refractivity contribution in [3.63, 3.8) is 0 Å². The Kier molecular flexibility index (Phi) is 6.21. The quantitative estimate of drug-likeness (QED) is 0.362. The predicted molar refractivity (Wildman–Crippen MR) is 116 cm³/mol. The lowest BCUT2D eigenvalue weighted by molar-refractivity contribution is -0.384. The molecule has 0 heterocycles. The average Bonchev–Trinajstić information content (AvgIpc) is 2.74. The van der Waals surface area contributed by atoms with E-state index in [0.717, 1.165) is 23.8 Å². The van der Waals surface area contributed by atoms with E-state index in [9.17, 15) is 33.2 Å². The Labute approximate surface area is 182 Å². The third-order valence-electron chi connectivity index (χ3n) is 4.44. The van der Waals surface area contributed by atoms with Crippen molar-refractivity contribution < 1.29 is 28.0 Å². The highest BCUT2D eigenvalue weighted by Crippen LogP contribution is 2.26. The van der Waals surface area contributed by atoms with Crippen molar-refractivity contribution in [3.8, 4) is 0 Å². The number of aryl methyl sites for hydroxylation is 1. The molecule has 164 valence electrons. The summed E-state index contributed by atoms with van der Waals surface area (Å²) in [6.45, 7) is 1.79. The summed E-state index contributed by atoms with van der Waals surface area (Å²) in [5.41, 5.74) is -0.412. The molecule has 32 heavy (non-hydrogen) atoms. The van der Waals surface area contributed by atoms with E-state index in [1.54, 1.807) is 19.1 Å². The van der Waals surface area contributed by atoms with Gasteiger partial charge in [0.25, 0.3) is 21.6 Å². The lowest BCUT2D eigenvalue weighted by Crippen LogP contribution is -2.20. The fraction of sp³-hybridized carbons (Fsp3) is 0.0476. The molecule has 0 spiro atoms. The van der Waals surface area contributed by atoms with Gasteiger partial charge in [-0.15, -0.1) is 0 Å². The van der Waals surface area contributed by atoms with E-state index >= 15 is 0 Å². The molecule has 10 nitrogen and oxygen atoms in total. The molecule has 0 aromatic heterocycles. The van der Waals surface area contributed by atoms with Gasteiger partial charge in [-0.1, -0.05) is 29.8 Å². The van der Waals surface area contributed by atoms with E-state index < -0.39 is 32.5 Å². The van der Waals surface area contributed by atoms with Crippen LogP contribution in [0.1, 0.15) is 26.3 Å². The number of para-hydroxylation sites is 1. The number of hydrogen-bond acceptors (Lipinski definition) is 6. The molecule has 0 fully saturated rings. The molecular weight excluding hydrogens is 438 g/mol. The number of rotatable bonds is 7. The number of carbonyl (C=O) groups is 2. The number of nitro benzene ring substituents is 1. The molecule has 0 saturated heterocycles. The van der Waals surface area contributed by atoms with Crippen LogP contribution in [0.5, 0.6) is 0 Å². The first-order valence-corrected chi connectivity index (χ1v) is 10.6. The maximum Gasteiger partial charge on any atom is 0.337 e. The zero-order chi connectivity index (χ0) is 23.5. The van der Waals surface area contributed by atoms with Crippen LogP contribution in [0.3, 0.4) is 0 Å². The van der Waals surface area contributed by atoms with Crippen molar-refractivity contribution in [2.24, 2.45) is 0 Å². The lowest BCUT2D eigenvalue weighted by Gasteiger charge is -2.14. The second-order valence-electron chi connectivity index (χ2n) is 6.71. The van der Waals surface area contributed by atoms with Crippen LogP contribution in [0, 0.1) is 17.0 Å². The number of hydrogen-bond donors (Lipinski definition) is 3. The Morgan fingerprint density at radius 1 is 0.938 bits per heavy atom. The largest absolute Gasteiger partial charge is 0.478 e. The van der Waals surface area contributed by atoms with Gasteiger partial charge in [0.2, 0.25) is 0 Å². The monoisotopic (exact) mass is 455 g/mol. The fourth-order valence-corrected chi connectivity index (χ4v) is 3.89. The zero-order valence-corrected chi connectivity index (χ0v) is 17.4. The number of non-ortho nitro benzene ring substituents is 1. The van der Waals surface area contributed by atoms with Crippen molar-refractivity contribution >= 4 is 39.0 Å². The molecule has 0 aliphatic heterocycles. The van der Waals surface area contributed by atoms with Crippen LogP contribution in [0.25, 0.3) is 0 Å². The van der Waals surface area contributed by atoms with Gasteiger partial charge in [-0.2, -0.15) is 0 Å². The number of nitrogens with one attached hydrogen (secondary N) is 2. The molecular formula is C21H17N3O7S. The Morgan fingerprint density at radius 2 is 1.59 bits per heavy atom. The van der Waals surface area contributed by atoms with Gasteiger partial charge >= 0.3 is 5.97 Å². The highest BCUT2D eigenvalue weighted by atomic mass is 32.2. The SMILES string of the molecule is Cc1ccc(S(=O)(=O)Nc2ccc([N+](=O)[O-])cc2C(=O)Nc2ccccc2C(=O)O)cc1. The Morgan fingerprint density at radius 3 is 2.22 bits per heavy atom. The van der Waals surface area contributed by atoms with E-state index in [-0.39, 0.29) is 27.4 Å². The number of anilines is 2. The van der Waals surface area contributed by atoms with E-state index in [0.29, 0.717) is 0 Å². The normalized spacial score (nSPS) is 10.9. The van der Waals surface area contributed by atoms with Gasteiger partial charge in [-0.05, 0) is 37.3 Å². The molecule has 0 aliphatic rings. The van der Waals surface area contributed by atoms with Gasteiger partial charge in [0.05, 0.1) is 32.3 Å². The third kappa shape index (κ3) is 4.90. The molecule has 0 saturated carbocycles. The third-order valence-corrected chi connectivity index (χ3v) is 5.82. The Bertz CT molecular complexity index is 1320. The summed E-state index contributed by atoms with van der Waals surface area (Å²) in [7, 11) is -4.11. The van der Waals surface area contributed by atoms with Crippen molar-refractivity contribution in [2.45, 2.75) is 11.8 Å². The molecule has 0 bridgehead atoms. The summed E-state index contributed by atoms with van der Waals surface area (Å²) >= 11 is 0. The van der Waals surface area contributed by atoms with Crippen LogP contribution >= 0.6 is 0 Å². The molecule has 0 atom stereocenters. The van der Waals surface area contributed by atoms with Crippen LogP contribution in [-0.2, 0) is 10.0 Å². The van der Waals surface area contributed by atoms with Crippen LogP contribution in [0.2, 0.25) is 0 Å². The number of carboxylic acids is 1. The summed E-state index contributed by atoms with van der Waals surface area (Å²) in [6.07, 6.45) is 0. The van der Waals surface area contributed by atoms with Crippen LogP contribution in [-0.4, -0.2) is 30.3 Å². The fourth-order valence-electron chi connectivity index (χ4n) is 2.81. The molecule has 3 rings (SSSR count). The molecule has 0 unspecified atom stereocenters. The van der Waals surface area contributed by atoms with Gasteiger partial charge < -0.3 is 10.4 Å². The first-order valence-electron chi connectivity index (χ1n) is 9.10. The van der Waals surface area contributed by atoms with Gasteiger partial charge in [0.1, 0.15) is 0 Å². The average molecular weight is 455 g/mol. The molecule has 3 aromatic rings. The van der Waals surface area contributed by atoms with Gasteiger partial charge in [0, 0.05) is 12.1 Å².